The molecule has 92 valence electrons. The zero-order valence-corrected chi connectivity index (χ0v) is 9.93. The monoisotopic (exact) mass is 231 g/mol. The zero-order valence-electron chi connectivity index (χ0n) is 9.93. The lowest BCUT2D eigenvalue weighted by atomic mass is 9.93. The van der Waals surface area contributed by atoms with E-state index in [-0.39, 0.29) is 11.6 Å². The number of halogens is 2. The highest BCUT2D eigenvalue weighted by molar-refractivity contribution is 5.21. The van der Waals surface area contributed by atoms with Crippen LogP contribution in [0.3, 0.4) is 0 Å². The Labute approximate surface area is 95.3 Å². The van der Waals surface area contributed by atoms with E-state index < -0.39 is 6.08 Å². The molecular formula is C12H19F2NO. The van der Waals surface area contributed by atoms with Crippen molar-refractivity contribution in [3.05, 3.63) is 11.7 Å². The third-order valence-electron chi connectivity index (χ3n) is 3.62. The van der Waals surface area contributed by atoms with E-state index in [0.29, 0.717) is 25.1 Å². The van der Waals surface area contributed by atoms with Gasteiger partial charge in [-0.05, 0) is 39.7 Å². The summed E-state index contributed by atoms with van der Waals surface area (Å²) < 4.78 is 30.9. The molecule has 2 aliphatic heterocycles. The summed E-state index contributed by atoms with van der Waals surface area (Å²) in [6.07, 6.45) is 1.25. The summed E-state index contributed by atoms with van der Waals surface area (Å²) in [6.45, 7) is 5.91. The first-order valence-corrected chi connectivity index (χ1v) is 5.93. The molecule has 0 amide bonds. The molecule has 2 nitrogen and oxygen atoms in total. The van der Waals surface area contributed by atoms with Gasteiger partial charge in [-0.25, -0.2) is 0 Å². The fraction of sp³-hybridized carbons (Fsp3) is 0.833. The topological polar surface area (TPSA) is 12.5 Å². The van der Waals surface area contributed by atoms with Crippen molar-refractivity contribution in [2.45, 2.75) is 44.8 Å². The fourth-order valence-corrected chi connectivity index (χ4v) is 2.79. The molecular weight excluding hydrogens is 212 g/mol. The molecule has 16 heavy (non-hydrogen) atoms. The Hall–Kier alpha value is -0.480. The van der Waals surface area contributed by atoms with Gasteiger partial charge >= 0.3 is 0 Å². The molecule has 0 bridgehead atoms. The molecule has 0 aromatic carbocycles. The van der Waals surface area contributed by atoms with Gasteiger partial charge in [-0.15, -0.1) is 0 Å². The van der Waals surface area contributed by atoms with Gasteiger partial charge in [-0.2, -0.15) is 8.78 Å². The van der Waals surface area contributed by atoms with Gasteiger partial charge in [0.05, 0.1) is 12.7 Å². The van der Waals surface area contributed by atoms with Crippen LogP contribution in [0.25, 0.3) is 0 Å². The predicted octanol–water partition coefficient (Wildman–Crippen LogP) is 2.80. The number of rotatable bonds is 3. The number of fused-ring (bicyclic) bond motifs is 1. The molecule has 0 spiro atoms. The van der Waals surface area contributed by atoms with Crippen molar-refractivity contribution < 1.29 is 13.5 Å². The second-order valence-electron chi connectivity index (χ2n) is 5.15. The first kappa shape index (κ1) is 12.0. The number of hydrogen-bond donors (Lipinski definition) is 0. The summed E-state index contributed by atoms with van der Waals surface area (Å²) in [5.41, 5.74) is 0.176. The lowest BCUT2D eigenvalue weighted by molar-refractivity contribution is 0.00327. The van der Waals surface area contributed by atoms with Crippen LogP contribution in [0.1, 0.15) is 33.1 Å². The maximum absolute atomic E-state index is 12.6. The van der Waals surface area contributed by atoms with Crippen molar-refractivity contribution in [2.75, 3.05) is 19.7 Å². The standard InChI is InChI=1S/C12H19F2NO/c1-9(2)16-8-12-4-3-5-15(12)7-10(6-12)11(13)14/h9H,3-8H2,1-2H3/t12-/m0/s1. The average molecular weight is 231 g/mol. The molecule has 0 aromatic heterocycles. The molecule has 0 unspecified atom stereocenters. The summed E-state index contributed by atoms with van der Waals surface area (Å²) in [6, 6.07) is 0. The molecule has 2 rings (SSSR count). The number of nitrogens with zero attached hydrogens (tertiary/aromatic N) is 1. The molecule has 0 aliphatic carbocycles. The van der Waals surface area contributed by atoms with E-state index in [9.17, 15) is 8.78 Å². The van der Waals surface area contributed by atoms with Crippen LogP contribution in [0.5, 0.6) is 0 Å². The second kappa shape index (κ2) is 4.41. The van der Waals surface area contributed by atoms with Gasteiger partial charge in [0.15, 0.2) is 0 Å². The van der Waals surface area contributed by atoms with Gasteiger partial charge in [-0.1, -0.05) is 0 Å². The van der Waals surface area contributed by atoms with Crippen molar-refractivity contribution in [2.24, 2.45) is 0 Å². The molecule has 0 aromatic rings. The minimum atomic E-state index is -1.49. The molecule has 4 heteroatoms. The number of hydrogen-bond acceptors (Lipinski definition) is 2. The lowest BCUT2D eigenvalue weighted by Gasteiger charge is -2.31. The SMILES string of the molecule is CC(C)OC[C@@]12CCCN1CC(=C(F)F)C2. The van der Waals surface area contributed by atoms with E-state index in [2.05, 4.69) is 4.90 Å². The summed E-state index contributed by atoms with van der Waals surface area (Å²) in [4.78, 5) is 2.17. The Morgan fingerprint density at radius 1 is 1.50 bits per heavy atom. The van der Waals surface area contributed by atoms with E-state index in [4.69, 9.17) is 4.74 Å². The van der Waals surface area contributed by atoms with Crippen molar-refractivity contribution in [1.82, 2.24) is 4.90 Å². The van der Waals surface area contributed by atoms with Gasteiger partial charge in [0.25, 0.3) is 6.08 Å². The Morgan fingerprint density at radius 2 is 2.25 bits per heavy atom. The van der Waals surface area contributed by atoms with Crippen LogP contribution in [0, 0.1) is 0 Å². The van der Waals surface area contributed by atoms with E-state index in [1.54, 1.807) is 0 Å². The molecule has 1 atom stereocenters. The Morgan fingerprint density at radius 3 is 2.88 bits per heavy atom. The van der Waals surface area contributed by atoms with E-state index in [0.717, 1.165) is 19.4 Å². The summed E-state index contributed by atoms with van der Waals surface area (Å²) in [7, 11) is 0. The van der Waals surface area contributed by atoms with Crippen LogP contribution in [-0.2, 0) is 4.74 Å². The smallest absolute Gasteiger partial charge is 0.270 e. The maximum atomic E-state index is 12.6. The molecule has 0 saturated carbocycles. The predicted molar refractivity (Wildman–Crippen MR) is 58.5 cm³/mol. The molecule has 2 heterocycles. The second-order valence-corrected chi connectivity index (χ2v) is 5.15. The minimum Gasteiger partial charge on any atom is -0.377 e. The van der Waals surface area contributed by atoms with E-state index in [1.165, 1.54) is 0 Å². The molecule has 0 N–H and O–H groups in total. The Bertz CT molecular complexity index is 299. The van der Waals surface area contributed by atoms with Crippen molar-refractivity contribution in [1.29, 1.82) is 0 Å². The third kappa shape index (κ3) is 2.13. The molecule has 2 saturated heterocycles. The molecule has 2 fully saturated rings. The van der Waals surface area contributed by atoms with Gasteiger partial charge in [0.2, 0.25) is 0 Å². The van der Waals surface area contributed by atoms with Crippen LogP contribution in [0.15, 0.2) is 11.7 Å². The van der Waals surface area contributed by atoms with Crippen LogP contribution in [0.4, 0.5) is 8.78 Å². The van der Waals surface area contributed by atoms with Gasteiger partial charge < -0.3 is 4.74 Å². The fourth-order valence-electron chi connectivity index (χ4n) is 2.79. The maximum Gasteiger partial charge on any atom is 0.270 e. The summed E-state index contributed by atoms with van der Waals surface area (Å²) in [5, 5.41) is 0. The highest BCUT2D eigenvalue weighted by Gasteiger charge is 2.47. The first-order chi connectivity index (χ1) is 7.53. The van der Waals surface area contributed by atoms with Crippen LogP contribution in [0.2, 0.25) is 0 Å². The van der Waals surface area contributed by atoms with Crippen molar-refractivity contribution in [3.63, 3.8) is 0 Å². The number of ether oxygens (including phenoxy) is 1. The normalized spacial score (nSPS) is 30.2. The lowest BCUT2D eigenvalue weighted by Crippen LogP contribution is -2.43. The van der Waals surface area contributed by atoms with E-state index in [1.807, 2.05) is 13.8 Å². The van der Waals surface area contributed by atoms with Crippen LogP contribution in [-0.4, -0.2) is 36.2 Å². The molecule has 2 aliphatic rings. The average Bonchev–Trinajstić information content (AvgIpc) is 2.70. The van der Waals surface area contributed by atoms with Crippen molar-refractivity contribution in [3.8, 4) is 0 Å². The zero-order chi connectivity index (χ0) is 11.8. The van der Waals surface area contributed by atoms with Crippen LogP contribution >= 0.6 is 0 Å². The third-order valence-corrected chi connectivity index (χ3v) is 3.62. The van der Waals surface area contributed by atoms with Gasteiger partial charge in [0, 0.05) is 17.7 Å². The quantitative estimate of drug-likeness (QED) is 0.740. The van der Waals surface area contributed by atoms with Crippen LogP contribution < -0.4 is 0 Å². The van der Waals surface area contributed by atoms with Gasteiger partial charge in [0.1, 0.15) is 0 Å². The van der Waals surface area contributed by atoms with E-state index >= 15 is 0 Å². The van der Waals surface area contributed by atoms with Gasteiger partial charge in [-0.3, -0.25) is 4.90 Å². The largest absolute Gasteiger partial charge is 0.377 e. The Balaban J connectivity index is 2.09. The minimum absolute atomic E-state index is 0.136. The van der Waals surface area contributed by atoms with Crippen molar-refractivity contribution >= 4 is 0 Å². The highest BCUT2D eigenvalue weighted by atomic mass is 19.3. The molecule has 0 radical (unpaired) electrons. The Kier molecular flexibility index (Phi) is 3.31. The first-order valence-electron chi connectivity index (χ1n) is 5.93. The summed E-state index contributed by atoms with van der Waals surface area (Å²) in [5.74, 6) is 0. The summed E-state index contributed by atoms with van der Waals surface area (Å²) >= 11 is 0. The highest BCUT2D eigenvalue weighted by Crippen LogP contribution is 2.42.